The van der Waals surface area contributed by atoms with Crippen LogP contribution in [0.1, 0.15) is 10.4 Å². The third-order valence-electron chi connectivity index (χ3n) is 3.47. The number of nitrogens with one attached hydrogen (secondary N) is 1. The van der Waals surface area contributed by atoms with Crippen LogP contribution < -0.4 is 5.32 Å². The molecule has 6 nitrogen and oxygen atoms in total. The molecule has 2 aromatic rings. The van der Waals surface area contributed by atoms with Crippen molar-refractivity contribution in [2.24, 2.45) is 0 Å². The highest BCUT2D eigenvalue weighted by atomic mass is 79.9. The molecule has 2 rings (SSSR count). The molecule has 0 bridgehead atoms. The molecule has 0 heterocycles. The second kappa shape index (κ2) is 8.45. The number of nitrogens with zero attached hydrogens (tertiary/aromatic N) is 1. The fraction of sp³-hybridized carbons (Fsp3) is 0.188. The summed E-state index contributed by atoms with van der Waals surface area (Å²) in [6, 6.07) is 7.77. The van der Waals surface area contributed by atoms with Gasteiger partial charge in [0.2, 0.25) is 10.0 Å². The number of benzene rings is 2. The van der Waals surface area contributed by atoms with Crippen molar-refractivity contribution in [3.63, 3.8) is 0 Å². The van der Waals surface area contributed by atoms with E-state index in [1.807, 2.05) is 0 Å². The van der Waals surface area contributed by atoms with E-state index in [0.717, 1.165) is 10.4 Å². The Balaban J connectivity index is 2.33. The van der Waals surface area contributed by atoms with E-state index >= 15 is 0 Å². The van der Waals surface area contributed by atoms with E-state index in [2.05, 4.69) is 21.2 Å². The van der Waals surface area contributed by atoms with Gasteiger partial charge in [-0.15, -0.1) is 0 Å². The average Bonchev–Trinajstić information content (AvgIpc) is 2.58. The Hall–Kier alpha value is -1.52. The molecule has 2 aromatic carbocycles. The number of aliphatic hydroxyl groups excluding tert-OH is 1. The summed E-state index contributed by atoms with van der Waals surface area (Å²) >= 11 is 9.00. The first-order valence-electron chi connectivity index (χ1n) is 7.30. The number of hydrogen-bond acceptors (Lipinski definition) is 4. The number of likely N-dealkylation sites (N-methyl/N-ethyl adjacent to an activating group) is 1. The van der Waals surface area contributed by atoms with Gasteiger partial charge in [0.05, 0.1) is 16.1 Å². The number of halogens is 3. The van der Waals surface area contributed by atoms with E-state index < -0.39 is 21.7 Å². The number of aliphatic hydroxyl groups is 1. The molecular weight excluding hydrogens is 451 g/mol. The molecule has 0 unspecified atom stereocenters. The highest BCUT2D eigenvalue weighted by Gasteiger charge is 2.24. The number of sulfonamides is 1. The van der Waals surface area contributed by atoms with Crippen LogP contribution in [0.4, 0.5) is 10.1 Å². The number of anilines is 1. The molecule has 0 radical (unpaired) electrons. The Morgan fingerprint density at radius 3 is 2.62 bits per heavy atom. The minimum Gasteiger partial charge on any atom is -0.395 e. The smallest absolute Gasteiger partial charge is 0.255 e. The predicted molar refractivity (Wildman–Crippen MR) is 100 cm³/mol. The van der Waals surface area contributed by atoms with Crippen molar-refractivity contribution in [3.05, 3.63) is 57.3 Å². The fourth-order valence-electron chi connectivity index (χ4n) is 2.05. The van der Waals surface area contributed by atoms with E-state index in [1.165, 1.54) is 37.4 Å². The summed E-state index contributed by atoms with van der Waals surface area (Å²) in [6.07, 6.45) is 0. The van der Waals surface area contributed by atoms with Gasteiger partial charge in [-0.25, -0.2) is 12.8 Å². The summed E-state index contributed by atoms with van der Waals surface area (Å²) in [7, 11) is -2.67. The lowest BCUT2D eigenvalue weighted by Crippen LogP contribution is -2.30. The van der Waals surface area contributed by atoms with E-state index in [4.69, 9.17) is 16.7 Å². The van der Waals surface area contributed by atoms with E-state index in [-0.39, 0.29) is 33.1 Å². The number of hydrogen-bond donors (Lipinski definition) is 2. The van der Waals surface area contributed by atoms with Crippen molar-refractivity contribution >= 4 is 49.1 Å². The normalized spacial score (nSPS) is 11.6. The molecule has 0 saturated heterocycles. The first-order valence-corrected chi connectivity index (χ1v) is 9.91. The zero-order valence-corrected chi connectivity index (χ0v) is 16.7. The third kappa shape index (κ3) is 4.60. The molecule has 0 aliphatic carbocycles. The number of rotatable bonds is 6. The SMILES string of the molecule is CN(CCO)S(=O)(=O)c1cc(C(=O)Nc2ccc(F)c(Br)c2)ccc1Cl. The van der Waals surface area contributed by atoms with Crippen molar-refractivity contribution in [3.8, 4) is 0 Å². The Labute approximate surface area is 163 Å². The van der Waals surface area contributed by atoms with Crippen molar-refractivity contribution in [2.75, 3.05) is 25.5 Å². The molecule has 26 heavy (non-hydrogen) atoms. The van der Waals surface area contributed by atoms with Gasteiger partial charge in [0, 0.05) is 24.8 Å². The lowest BCUT2D eigenvalue weighted by Gasteiger charge is -2.17. The minimum atomic E-state index is -3.97. The van der Waals surface area contributed by atoms with Crippen LogP contribution in [0.2, 0.25) is 5.02 Å². The van der Waals surface area contributed by atoms with Gasteiger partial charge in [-0.1, -0.05) is 11.6 Å². The molecule has 0 saturated carbocycles. The van der Waals surface area contributed by atoms with Crippen LogP contribution >= 0.6 is 27.5 Å². The highest BCUT2D eigenvalue weighted by Crippen LogP contribution is 2.26. The number of amides is 1. The predicted octanol–water partition coefficient (Wildman–Crippen LogP) is 3.11. The van der Waals surface area contributed by atoms with Crippen molar-refractivity contribution in [2.45, 2.75) is 4.90 Å². The molecule has 0 fully saturated rings. The van der Waals surface area contributed by atoms with Gasteiger partial charge in [0.15, 0.2) is 0 Å². The van der Waals surface area contributed by atoms with Crippen LogP contribution in [0, 0.1) is 5.82 Å². The standard InChI is InChI=1S/C16H15BrClFN2O4S/c1-21(6-7-22)26(24,25)15-8-10(2-4-13(15)18)16(23)20-11-3-5-14(19)12(17)9-11/h2-5,8-9,22H,6-7H2,1H3,(H,20,23). The number of carbonyl (C=O) groups is 1. The molecule has 0 atom stereocenters. The van der Waals surface area contributed by atoms with Gasteiger partial charge in [0.1, 0.15) is 10.7 Å². The van der Waals surface area contributed by atoms with Gasteiger partial charge in [0.25, 0.3) is 5.91 Å². The molecule has 1 amide bonds. The Morgan fingerprint density at radius 2 is 2.00 bits per heavy atom. The topological polar surface area (TPSA) is 86.7 Å². The average molecular weight is 466 g/mol. The van der Waals surface area contributed by atoms with Gasteiger partial charge < -0.3 is 10.4 Å². The maximum Gasteiger partial charge on any atom is 0.255 e. The summed E-state index contributed by atoms with van der Waals surface area (Å²) in [5, 5.41) is 11.4. The molecule has 0 spiro atoms. The third-order valence-corrected chi connectivity index (χ3v) is 6.42. The molecule has 2 N–H and O–H groups in total. The zero-order valence-electron chi connectivity index (χ0n) is 13.5. The van der Waals surface area contributed by atoms with Crippen LogP contribution in [0.25, 0.3) is 0 Å². The maximum absolute atomic E-state index is 13.3. The largest absolute Gasteiger partial charge is 0.395 e. The fourth-order valence-corrected chi connectivity index (χ4v) is 4.09. The molecule has 0 aromatic heterocycles. The van der Waals surface area contributed by atoms with Crippen LogP contribution in [-0.2, 0) is 10.0 Å². The molecular formula is C16H15BrClFN2O4S. The van der Waals surface area contributed by atoms with E-state index in [0.29, 0.717) is 5.69 Å². The minimum absolute atomic E-state index is 0.0455. The Morgan fingerprint density at radius 1 is 1.31 bits per heavy atom. The van der Waals surface area contributed by atoms with Crippen LogP contribution in [-0.4, -0.2) is 43.9 Å². The first-order chi connectivity index (χ1) is 12.2. The van der Waals surface area contributed by atoms with Crippen LogP contribution in [0.5, 0.6) is 0 Å². The maximum atomic E-state index is 13.3. The summed E-state index contributed by atoms with van der Waals surface area (Å²) in [4.78, 5) is 12.1. The second-order valence-corrected chi connectivity index (χ2v) is 8.55. The first kappa shape index (κ1) is 20.8. The van der Waals surface area contributed by atoms with Crippen molar-refractivity contribution < 1.29 is 22.7 Å². The van der Waals surface area contributed by atoms with Gasteiger partial charge in [-0.2, -0.15) is 4.31 Å². The summed E-state index contributed by atoms with van der Waals surface area (Å²) in [5.41, 5.74) is 0.394. The van der Waals surface area contributed by atoms with E-state index in [9.17, 15) is 17.6 Å². The summed E-state index contributed by atoms with van der Waals surface area (Å²) < 4.78 is 39.4. The second-order valence-electron chi connectivity index (χ2n) is 5.28. The van der Waals surface area contributed by atoms with Gasteiger partial charge in [-0.3, -0.25) is 4.79 Å². The molecule has 140 valence electrons. The van der Waals surface area contributed by atoms with Gasteiger partial charge in [-0.05, 0) is 52.3 Å². The van der Waals surface area contributed by atoms with Gasteiger partial charge >= 0.3 is 0 Å². The molecule has 10 heteroatoms. The number of carbonyl (C=O) groups excluding carboxylic acids is 1. The quantitative estimate of drug-likeness (QED) is 0.686. The van der Waals surface area contributed by atoms with Crippen molar-refractivity contribution in [1.82, 2.24) is 4.31 Å². The van der Waals surface area contributed by atoms with Crippen molar-refractivity contribution in [1.29, 1.82) is 0 Å². The van der Waals surface area contributed by atoms with Crippen LogP contribution in [0.15, 0.2) is 45.8 Å². The summed E-state index contributed by atoms with van der Waals surface area (Å²) in [5.74, 6) is -1.06. The lowest BCUT2D eigenvalue weighted by atomic mass is 10.2. The lowest BCUT2D eigenvalue weighted by molar-refractivity contribution is 0.102. The van der Waals surface area contributed by atoms with Crippen LogP contribution in [0.3, 0.4) is 0 Å². The summed E-state index contributed by atoms with van der Waals surface area (Å²) in [6.45, 7) is -0.467. The monoisotopic (exact) mass is 464 g/mol. The molecule has 0 aliphatic heterocycles. The Kier molecular flexibility index (Phi) is 6.75. The highest BCUT2D eigenvalue weighted by molar-refractivity contribution is 9.10. The molecule has 0 aliphatic rings. The zero-order chi connectivity index (χ0) is 19.5. The van der Waals surface area contributed by atoms with E-state index in [1.54, 1.807) is 0 Å². The Bertz CT molecular complexity index is 940.